The van der Waals surface area contributed by atoms with E-state index in [1.165, 1.54) is 0 Å². The molecule has 1 unspecified atom stereocenters. The molecule has 1 atom stereocenters. The molecule has 0 radical (unpaired) electrons. The van der Waals surface area contributed by atoms with Crippen molar-refractivity contribution in [2.75, 3.05) is 5.32 Å². The summed E-state index contributed by atoms with van der Waals surface area (Å²) >= 11 is 3.45. The van der Waals surface area contributed by atoms with Gasteiger partial charge >= 0.3 is 0 Å². The zero-order valence-electron chi connectivity index (χ0n) is 12.8. The number of aromatic nitrogens is 2. The summed E-state index contributed by atoms with van der Waals surface area (Å²) in [6.07, 6.45) is 1.08. The quantitative estimate of drug-likeness (QED) is 0.724. The minimum Gasteiger partial charge on any atom is -0.480 e. The fourth-order valence-electron chi connectivity index (χ4n) is 2.25. The Kier molecular flexibility index (Phi) is 4.34. The average molecular weight is 374 g/mol. The molecule has 6 heteroatoms. The highest BCUT2D eigenvalue weighted by Crippen LogP contribution is 2.27. The van der Waals surface area contributed by atoms with Crippen LogP contribution in [0.3, 0.4) is 0 Å². The molecular formula is C17H16BrN3O2. The first-order valence-corrected chi connectivity index (χ1v) is 7.99. The number of anilines is 1. The summed E-state index contributed by atoms with van der Waals surface area (Å²) in [6, 6.07) is 11.4. The SMILES string of the molecule is Cc1ccc(OC(C)C(=O)Nc2cccc3cn[nH]c23)c(Br)c1. The Hall–Kier alpha value is -2.34. The van der Waals surface area contributed by atoms with E-state index in [9.17, 15) is 4.79 Å². The molecule has 1 amide bonds. The van der Waals surface area contributed by atoms with Crippen LogP contribution in [0, 0.1) is 6.92 Å². The molecule has 0 saturated carbocycles. The summed E-state index contributed by atoms with van der Waals surface area (Å²) in [5.74, 6) is 0.414. The van der Waals surface area contributed by atoms with Crippen LogP contribution >= 0.6 is 15.9 Å². The van der Waals surface area contributed by atoms with Gasteiger partial charge in [0, 0.05) is 5.39 Å². The Labute approximate surface area is 142 Å². The average Bonchev–Trinajstić information content (AvgIpc) is 2.99. The van der Waals surface area contributed by atoms with Crippen LogP contribution in [0.1, 0.15) is 12.5 Å². The largest absolute Gasteiger partial charge is 0.480 e. The predicted molar refractivity (Wildman–Crippen MR) is 93.7 cm³/mol. The van der Waals surface area contributed by atoms with Gasteiger partial charge in [0.15, 0.2) is 6.10 Å². The van der Waals surface area contributed by atoms with E-state index in [1.807, 2.05) is 43.3 Å². The zero-order valence-corrected chi connectivity index (χ0v) is 14.3. The Morgan fingerprint density at radius 3 is 2.96 bits per heavy atom. The highest BCUT2D eigenvalue weighted by Gasteiger charge is 2.17. The molecular weight excluding hydrogens is 358 g/mol. The normalized spacial score (nSPS) is 12.1. The lowest BCUT2D eigenvalue weighted by Crippen LogP contribution is -2.30. The first-order chi connectivity index (χ1) is 11.0. The van der Waals surface area contributed by atoms with Crippen LogP contribution in [0.25, 0.3) is 10.9 Å². The Morgan fingerprint density at radius 2 is 2.17 bits per heavy atom. The number of para-hydroxylation sites is 1. The van der Waals surface area contributed by atoms with Crippen molar-refractivity contribution in [1.29, 1.82) is 0 Å². The number of ether oxygens (including phenoxy) is 1. The first-order valence-electron chi connectivity index (χ1n) is 7.20. The minimum atomic E-state index is -0.632. The standard InChI is InChI=1S/C17H16BrN3O2/c1-10-6-7-15(13(18)8-10)23-11(2)17(22)20-14-5-3-4-12-9-19-21-16(12)14/h3-9,11H,1-2H3,(H,19,21)(H,20,22). The number of hydrogen-bond donors (Lipinski definition) is 2. The number of halogens is 1. The number of carbonyl (C=O) groups excluding carboxylic acids is 1. The topological polar surface area (TPSA) is 67.0 Å². The van der Waals surface area contributed by atoms with Gasteiger partial charge in [-0.3, -0.25) is 9.89 Å². The van der Waals surface area contributed by atoms with Crippen LogP contribution in [0.2, 0.25) is 0 Å². The van der Waals surface area contributed by atoms with E-state index < -0.39 is 6.10 Å². The lowest BCUT2D eigenvalue weighted by molar-refractivity contribution is -0.122. The second-order valence-electron chi connectivity index (χ2n) is 5.32. The van der Waals surface area contributed by atoms with Crippen LogP contribution < -0.4 is 10.1 Å². The second kappa shape index (κ2) is 6.42. The fourth-order valence-corrected chi connectivity index (χ4v) is 2.84. The summed E-state index contributed by atoms with van der Waals surface area (Å²) < 4.78 is 6.57. The maximum atomic E-state index is 12.4. The van der Waals surface area contributed by atoms with Crippen molar-refractivity contribution in [3.8, 4) is 5.75 Å². The van der Waals surface area contributed by atoms with Crippen LogP contribution in [0.5, 0.6) is 5.75 Å². The first kappa shape index (κ1) is 15.6. The van der Waals surface area contributed by atoms with Gasteiger partial charge in [0.25, 0.3) is 5.91 Å². The minimum absolute atomic E-state index is 0.223. The lowest BCUT2D eigenvalue weighted by atomic mass is 10.2. The number of fused-ring (bicyclic) bond motifs is 1. The Morgan fingerprint density at radius 1 is 1.35 bits per heavy atom. The summed E-state index contributed by atoms with van der Waals surface area (Å²) in [5, 5.41) is 10.7. The number of aromatic amines is 1. The number of nitrogens with zero attached hydrogens (tertiary/aromatic N) is 1. The lowest BCUT2D eigenvalue weighted by Gasteiger charge is -2.16. The fraction of sp³-hybridized carbons (Fsp3) is 0.176. The van der Waals surface area contributed by atoms with Crippen LogP contribution in [0.4, 0.5) is 5.69 Å². The number of H-pyrrole nitrogens is 1. The highest BCUT2D eigenvalue weighted by molar-refractivity contribution is 9.10. The van der Waals surface area contributed by atoms with Gasteiger partial charge in [-0.25, -0.2) is 0 Å². The second-order valence-corrected chi connectivity index (χ2v) is 6.18. The third-order valence-electron chi connectivity index (χ3n) is 3.49. The number of hydrogen-bond acceptors (Lipinski definition) is 3. The van der Waals surface area contributed by atoms with Crippen molar-refractivity contribution < 1.29 is 9.53 Å². The Balaban J connectivity index is 1.74. The molecule has 0 spiro atoms. The molecule has 1 aromatic heterocycles. The molecule has 0 bridgehead atoms. The van der Waals surface area contributed by atoms with E-state index in [0.29, 0.717) is 11.4 Å². The third-order valence-corrected chi connectivity index (χ3v) is 4.11. The monoisotopic (exact) mass is 373 g/mol. The molecule has 118 valence electrons. The van der Waals surface area contributed by atoms with Gasteiger partial charge < -0.3 is 10.1 Å². The number of carbonyl (C=O) groups is 1. The smallest absolute Gasteiger partial charge is 0.265 e. The number of rotatable bonds is 4. The van der Waals surface area contributed by atoms with Gasteiger partial charge in [-0.2, -0.15) is 5.10 Å². The van der Waals surface area contributed by atoms with E-state index in [0.717, 1.165) is 20.9 Å². The van der Waals surface area contributed by atoms with Gasteiger partial charge in [-0.05, 0) is 53.5 Å². The number of benzene rings is 2. The van der Waals surface area contributed by atoms with Gasteiger partial charge in [-0.15, -0.1) is 0 Å². The van der Waals surface area contributed by atoms with Crippen LogP contribution in [0.15, 0.2) is 47.1 Å². The molecule has 0 aliphatic carbocycles. The summed E-state index contributed by atoms with van der Waals surface area (Å²) in [6.45, 7) is 3.71. The van der Waals surface area contributed by atoms with Crippen LogP contribution in [-0.4, -0.2) is 22.2 Å². The van der Waals surface area contributed by atoms with Crippen molar-refractivity contribution in [3.05, 3.63) is 52.6 Å². The van der Waals surface area contributed by atoms with Gasteiger partial charge in [0.1, 0.15) is 5.75 Å². The van der Waals surface area contributed by atoms with E-state index in [2.05, 4.69) is 31.4 Å². The molecule has 23 heavy (non-hydrogen) atoms. The van der Waals surface area contributed by atoms with E-state index in [-0.39, 0.29) is 5.91 Å². The van der Waals surface area contributed by atoms with Crippen molar-refractivity contribution in [3.63, 3.8) is 0 Å². The number of amides is 1. The van der Waals surface area contributed by atoms with Crippen molar-refractivity contribution in [2.45, 2.75) is 20.0 Å². The van der Waals surface area contributed by atoms with E-state index in [1.54, 1.807) is 13.1 Å². The molecule has 0 aliphatic heterocycles. The molecule has 1 heterocycles. The van der Waals surface area contributed by atoms with Crippen molar-refractivity contribution in [2.24, 2.45) is 0 Å². The van der Waals surface area contributed by atoms with E-state index >= 15 is 0 Å². The van der Waals surface area contributed by atoms with Gasteiger partial charge in [-0.1, -0.05) is 18.2 Å². The van der Waals surface area contributed by atoms with Crippen LogP contribution in [-0.2, 0) is 4.79 Å². The predicted octanol–water partition coefficient (Wildman–Crippen LogP) is 4.04. The summed E-state index contributed by atoms with van der Waals surface area (Å²) in [7, 11) is 0. The summed E-state index contributed by atoms with van der Waals surface area (Å²) in [4.78, 5) is 12.4. The number of nitrogens with one attached hydrogen (secondary N) is 2. The zero-order chi connectivity index (χ0) is 16.4. The maximum absolute atomic E-state index is 12.4. The van der Waals surface area contributed by atoms with Crippen molar-refractivity contribution >= 4 is 38.4 Å². The third kappa shape index (κ3) is 3.37. The maximum Gasteiger partial charge on any atom is 0.265 e. The molecule has 3 aromatic rings. The molecule has 0 saturated heterocycles. The van der Waals surface area contributed by atoms with Gasteiger partial charge in [0.2, 0.25) is 0 Å². The van der Waals surface area contributed by atoms with Crippen molar-refractivity contribution in [1.82, 2.24) is 10.2 Å². The van der Waals surface area contributed by atoms with Gasteiger partial charge in [0.05, 0.1) is 21.9 Å². The highest BCUT2D eigenvalue weighted by atomic mass is 79.9. The molecule has 0 fully saturated rings. The molecule has 3 rings (SSSR count). The molecule has 0 aliphatic rings. The molecule has 5 nitrogen and oxygen atoms in total. The number of aryl methyl sites for hydroxylation is 1. The molecule has 2 aromatic carbocycles. The molecule has 2 N–H and O–H groups in total. The Bertz CT molecular complexity index is 860. The summed E-state index contributed by atoms with van der Waals surface area (Å²) in [5.41, 5.74) is 2.60. The van der Waals surface area contributed by atoms with E-state index in [4.69, 9.17) is 4.74 Å².